The maximum atomic E-state index is 11.9. The fourth-order valence-corrected chi connectivity index (χ4v) is 3.41. The predicted octanol–water partition coefficient (Wildman–Crippen LogP) is 1.71. The van der Waals surface area contributed by atoms with Crippen molar-refractivity contribution in [3.63, 3.8) is 0 Å². The van der Waals surface area contributed by atoms with E-state index in [0.717, 1.165) is 32.2 Å². The van der Waals surface area contributed by atoms with Crippen molar-refractivity contribution >= 4 is 6.03 Å². The Morgan fingerprint density at radius 2 is 1.90 bits per heavy atom. The average Bonchev–Trinajstić information content (AvgIpc) is 2.49. The van der Waals surface area contributed by atoms with Gasteiger partial charge in [0.15, 0.2) is 0 Å². The van der Waals surface area contributed by atoms with E-state index in [1.165, 1.54) is 32.4 Å². The Labute approximate surface area is 128 Å². The Hall–Kier alpha value is -0.810. The minimum Gasteiger partial charge on any atom is -0.391 e. The van der Waals surface area contributed by atoms with Crippen LogP contribution in [-0.2, 0) is 0 Å². The summed E-state index contributed by atoms with van der Waals surface area (Å²) < 4.78 is 0. The van der Waals surface area contributed by atoms with Gasteiger partial charge in [-0.3, -0.25) is 0 Å². The SMILES string of the molecule is CC(CNC(=O)NC1CCCCC1O)CN1CCCCC1. The Morgan fingerprint density at radius 1 is 1.19 bits per heavy atom. The van der Waals surface area contributed by atoms with Crippen LogP contribution in [0, 0.1) is 5.92 Å². The van der Waals surface area contributed by atoms with Crippen molar-refractivity contribution in [2.45, 2.75) is 64.0 Å². The van der Waals surface area contributed by atoms with Crippen LogP contribution in [0.1, 0.15) is 51.9 Å². The van der Waals surface area contributed by atoms with Crippen molar-refractivity contribution in [2.24, 2.45) is 5.92 Å². The molecule has 0 aromatic carbocycles. The van der Waals surface area contributed by atoms with E-state index in [1.807, 2.05) is 0 Å². The number of nitrogens with zero attached hydrogens (tertiary/aromatic N) is 1. The third-order valence-electron chi connectivity index (χ3n) is 4.68. The maximum Gasteiger partial charge on any atom is 0.315 e. The molecular formula is C16H31N3O2. The molecule has 3 unspecified atom stereocenters. The zero-order chi connectivity index (χ0) is 15.1. The van der Waals surface area contributed by atoms with E-state index in [2.05, 4.69) is 22.5 Å². The number of likely N-dealkylation sites (tertiary alicyclic amines) is 1. The van der Waals surface area contributed by atoms with Crippen LogP contribution in [0.2, 0.25) is 0 Å². The predicted molar refractivity (Wildman–Crippen MR) is 84.3 cm³/mol. The molecule has 122 valence electrons. The van der Waals surface area contributed by atoms with Crippen LogP contribution in [0.4, 0.5) is 4.79 Å². The number of nitrogens with one attached hydrogen (secondary N) is 2. The normalized spacial score (nSPS) is 28.9. The van der Waals surface area contributed by atoms with Crippen LogP contribution in [0.3, 0.4) is 0 Å². The second kappa shape index (κ2) is 8.59. The lowest BCUT2D eigenvalue weighted by Gasteiger charge is -2.30. The topological polar surface area (TPSA) is 64.6 Å². The highest BCUT2D eigenvalue weighted by molar-refractivity contribution is 5.74. The van der Waals surface area contributed by atoms with Crippen molar-refractivity contribution in [1.29, 1.82) is 0 Å². The molecule has 2 rings (SSSR count). The first-order valence-corrected chi connectivity index (χ1v) is 8.60. The summed E-state index contributed by atoms with van der Waals surface area (Å²) >= 11 is 0. The Bertz CT molecular complexity index is 319. The fourth-order valence-electron chi connectivity index (χ4n) is 3.41. The number of hydrogen-bond acceptors (Lipinski definition) is 3. The number of aliphatic hydroxyl groups excluding tert-OH is 1. The molecule has 3 N–H and O–H groups in total. The van der Waals surface area contributed by atoms with E-state index >= 15 is 0 Å². The van der Waals surface area contributed by atoms with Gasteiger partial charge in [-0.1, -0.05) is 26.2 Å². The standard InChI is InChI=1S/C16H31N3O2/c1-13(12-19-9-5-2-6-10-19)11-17-16(21)18-14-7-3-4-8-15(14)20/h13-15,20H,2-12H2,1H3,(H2,17,18,21). The van der Waals surface area contributed by atoms with E-state index < -0.39 is 0 Å². The van der Waals surface area contributed by atoms with Crippen LogP contribution in [0.15, 0.2) is 0 Å². The third-order valence-corrected chi connectivity index (χ3v) is 4.68. The minimum absolute atomic E-state index is 0.0730. The van der Waals surface area contributed by atoms with Crippen molar-refractivity contribution in [3.8, 4) is 0 Å². The zero-order valence-corrected chi connectivity index (χ0v) is 13.3. The molecule has 0 aromatic rings. The first kappa shape index (κ1) is 16.6. The van der Waals surface area contributed by atoms with Crippen molar-refractivity contribution in [3.05, 3.63) is 0 Å². The number of piperidine rings is 1. The van der Waals surface area contributed by atoms with Gasteiger partial charge >= 0.3 is 6.03 Å². The van der Waals surface area contributed by atoms with Crippen molar-refractivity contribution in [1.82, 2.24) is 15.5 Å². The number of carbonyl (C=O) groups is 1. The molecule has 1 heterocycles. The minimum atomic E-state index is -0.379. The highest BCUT2D eigenvalue weighted by atomic mass is 16.3. The first-order valence-electron chi connectivity index (χ1n) is 8.60. The fraction of sp³-hybridized carbons (Fsp3) is 0.938. The molecule has 0 spiro atoms. The number of hydrogen-bond donors (Lipinski definition) is 3. The summed E-state index contributed by atoms with van der Waals surface area (Å²) in [5.41, 5.74) is 0. The van der Waals surface area contributed by atoms with Crippen LogP contribution in [0.5, 0.6) is 0 Å². The molecule has 2 aliphatic rings. The van der Waals surface area contributed by atoms with Crippen LogP contribution in [0.25, 0.3) is 0 Å². The quantitative estimate of drug-likeness (QED) is 0.724. The lowest BCUT2D eigenvalue weighted by atomic mass is 9.93. The number of aliphatic hydroxyl groups is 1. The second-order valence-corrected chi connectivity index (χ2v) is 6.78. The summed E-state index contributed by atoms with van der Waals surface area (Å²) in [4.78, 5) is 14.4. The summed E-state index contributed by atoms with van der Waals surface area (Å²) in [6.45, 7) is 6.34. The molecule has 0 radical (unpaired) electrons. The lowest BCUT2D eigenvalue weighted by Crippen LogP contribution is -2.50. The van der Waals surface area contributed by atoms with Gasteiger partial charge < -0.3 is 20.6 Å². The van der Waals surface area contributed by atoms with Gasteiger partial charge in [0, 0.05) is 13.1 Å². The molecule has 5 nitrogen and oxygen atoms in total. The van der Waals surface area contributed by atoms with E-state index in [1.54, 1.807) is 0 Å². The van der Waals surface area contributed by atoms with E-state index in [0.29, 0.717) is 12.5 Å². The summed E-state index contributed by atoms with van der Waals surface area (Å²) in [6, 6.07) is -0.206. The molecule has 2 fully saturated rings. The van der Waals surface area contributed by atoms with Gasteiger partial charge in [0.25, 0.3) is 0 Å². The number of rotatable bonds is 5. The van der Waals surface area contributed by atoms with E-state index in [4.69, 9.17) is 0 Å². The Kier molecular flexibility index (Phi) is 6.77. The van der Waals surface area contributed by atoms with Gasteiger partial charge in [0.1, 0.15) is 0 Å². The van der Waals surface area contributed by atoms with E-state index in [9.17, 15) is 9.90 Å². The number of urea groups is 1. The molecule has 1 aliphatic heterocycles. The molecule has 1 saturated heterocycles. The molecule has 5 heteroatoms. The van der Waals surface area contributed by atoms with E-state index in [-0.39, 0.29) is 18.2 Å². The summed E-state index contributed by atoms with van der Waals surface area (Å²) in [7, 11) is 0. The van der Waals surface area contributed by atoms with Gasteiger partial charge in [-0.15, -0.1) is 0 Å². The maximum absolute atomic E-state index is 11.9. The number of carbonyl (C=O) groups excluding carboxylic acids is 1. The largest absolute Gasteiger partial charge is 0.391 e. The van der Waals surface area contributed by atoms with Crippen LogP contribution >= 0.6 is 0 Å². The molecule has 2 amide bonds. The smallest absolute Gasteiger partial charge is 0.315 e. The molecule has 1 aliphatic carbocycles. The Balaban J connectivity index is 1.61. The number of amides is 2. The summed E-state index contributed by atoms with van der Waals surface area (Å²) in [6.07, 6.45) is 7.43. The zero-order valence-electron chi connectivity index (χ0n) is 13.3. The molecule has 0 bridgehead atoms. The van der Waals surface area contributed by atoms with Crippen molar-refractivity contribution in [2.75, 3.05) is 26.2 Å². The van der Waals surface area contributed by atoms with Crippen molar-refractivity contribution < 1.29 is 9.90 Å². The summed E-state index contributed by atoms with van der Waals surface area (Å²) in [5.74, 6) is 0.463. The molecular weight excluding hydrogens is 266 g/mol. The van der Waals surface area contributed by atoms with Crippen LogP contribution in [-0.4, -0.2) is 54.4 Å². The Morgan fingerprint density at radius 3 is 2.62 bits per heavy atom. The first-order chi connectivity index (χ1) is 10.1. The van der Waals surface area contributed by atoms with Gasteiger partial charge in [0.2, 0.25) is 0 Å². The van der Waals surface area contributed by atoms with Gasteiger partial charge in [0.05, 0.1) is 12.1 Å². The van der Waals surface area contributed by atoms with Crippen LogP contribution < -0.4 is 10.6 Å². The monoisotopic (exact) mass is 297 g/mol. The molecule has 0 aromatic heterocycles. The molecule has 3 atom stereocenters. The van der Waals surface area contributed by atoms with Gasteiger partial charge in [-0.05, 0) is 44.7 Å². The second-order valence-electron chi connectivity index (χ2n) is 6.78. The average molecular weight is 297 g/mol. The molecule has 21 heavy (non-hydrogen) atoms. The van der Waals surface area contributed by atoms with Gasteiger partial charge in [-0.2, -0.15) is 0 Å². The highest BCUT2D eigenvalue weighted by Gasteiger charge is 2.24. The third kappa shape index (κ3) is 5.83. The lowest BCUT2D eigenvalue weighted by molar-refractivity contribution is 0.0941. The summed E-state index contributed by atoms with van der Waals surface area (Å²) in [5, 5.41) is 15.7. The molecule has 1 saturated carbocycles. The van der Waals surface area contributed by atoms with Gasteiger partial charge in [-0.25, -0.2) is 4.79 Å². The highest BCUT2D eigenvalue weighted by Crippen LogP contribution is 2.18.